The first-order chi connectivity index (χ1) is 10.0. The summed E-state index contributed by atoms with van der Waals surface area (Å²) in [7, 11) is 0. The Morgan fingerprint density at radius 2 is 1.90 bits per heavy atom. The minimum Gasteiger partial charge on any atom is -0.481 e. The first-order valence-corrected chi connectivity index (χ1v) is 8.31. The summed E-state index contributed by atoms with van der Waals surface area (Å²) in [4.78, 5) is 12.1. The molecule has 1 N–H and O–H groups in total. The molecule has 112 valence electrons. The maximum absolute atomic E-state index is 12.1. The Bertz CT molecular complexity index is 580. The molecule has 0 aromatic heterocycles. The zero-order chi connectivity index (χ0) is 14.7. The van der Waals surface area contributed by atoms with Crippen LogP contribution >= 0.6 is 0 Å². The third-order valence-electron chi connectivity index (χ3n) is 6.77. The molecular formula is C19H24O2. The van der Waals surface area contributed by atoms with E-state index in [1.807, 2.05) is 0 Å². The number of hydrogen-bond donors (Lipinski definition) is 1. The molecule has 0 saturated heterocycles. The van der Waals surface area contributed by atoms with E-state index in [0.717, 1.165) is 25.7 Å². The molecule has 4 saturated carbocycles. The van der Waals surface area contributed by atoms with Gasteiger partial charge in [0.1, 0.15) is 0 Å². The second kappa shape index (κ2) is 4.12. The van der Waals surface area contributed by atoms with E-state index in [1.54, 1.807) is 0 Å². The minimum atomic E-state index is -0.537. The van der Waals surface area contributed by atoms with E-state index in [0.29, 0.717) is 5.92 Å². The Balaban J connectivity index is 1.85. The van der Waals surface area contributed by atoms with E-state index < -0.39 is 11.4 Å². The lowest BCUT2D eigenvalue weighted by Crippen LogP contribution is -2.60. The quantitative estimate of drug-likeness (QED) is 0.893. The lowest BCUT2D eigenvalue weighted by atomic mass is 9.38. The zero-order valence-corrected chi connectivity index (χ0v) is 12.8. The van der Waals surface area contributed by atoms with E-state index in [2.05, 4.69) is 37.3 Å². The average Bonchev–Trinajstić information content (AvgIpc) is 2.47. The highest BCUT2D eigenvalue weighted by atomic mass is 16.4. The van der Waals surface area contributed by atoms with Crippen molar-refractivity contribution < 1.29 is 9.90 Å². The molecule has 0 aliphatic heterocycles. The Hall–Kier alpha value is -1.31. The van der Waals surface area contributed by atoms with Gasteiger partial charge in [-0.3, -0.25) is 4.79 Å². The number of carbonyl (C=O) groups is 1. The van der Waals surface area contributed by atoms with Gasteiger partial charge in [0.25, 0.3) is 0 Å². The third kappa shape index (κ3) is 1.74. The summed E-state index contributed by atoms with van der Waals surface area (Å²) >= 11 is 0. The van der Waals surface area contributed by atoms with Crippen LogP contribution in [0.1, 0.15) is 57.4 Å². The van der Waals surface area contributed by atoms with Crippen molar-refractivity contribution in [2.24, 2.45) is 16.7 Å². The molecule has 4 bridgehead atoms. The molecule has 0 amide bonds. The van der Waals surface area contributed by atoms with Gasteiger partial charge >= 0.3 is 5.97 Å². The van der Waals surface area contributed by atoms with Crippen LogP contribution in [0.5, 0.6) is 0 Å². The van der Waals surface area contributed by atoms with Crippen molar-refractivity contribution in [1.29, 1.82) is 0 Å². The summed E-state index contributed by atoms with van der Waals surface area (Å²) in [6, 6.07) is 10.7. The monoisotopic (exact) mass is 284 g/mol. The standard InChI is InChI=1S/C19H24O2/c1-2-17-8-14-9-18(11-17,15-6-4-3-5-7-15)13-19(10-14,12-17)16(20)21/h3-7,14H,2,8-13H2,1H3,(H,20,21)/t14-,17+,18+,19-/m1/s1. The third-order valence-corrected chi connectivity index (χ3v) is 6.77. The Morgan fingerprint density at radius 3 is 2.57 bits per heavy atom. The van der Waals surface area contributed by atoms with Crippen molar-refractivity contribution in [3.63, 3.8) is 0 Å². The number of benzene rings is 1. The predicted molar refractivity (Wildman–Crippen MR) is 82.1 cm³/mol. The number of hydrogen-bond acceptors (Lipinski definition) is 1. The van der Waals surface area contributed by atoms with Crippen LogP contribution in [0.3, 0.4) is 0 Å². The smallest absolute Gasteiger partial charge is 0.309 e. The molecule has 0 heterocycles. The van der Waals surface area contributed by atoms with E-state index >= 15 is 0 Å². The highest BCUT2D eigenvalue weighted by Crippen LogP contribution is 2.70. The number of carboxylic acid groups (broad SMARTS) is 1. The first kappa shape index (κ1) is 13.4. The molecule has 0 spiro atoms. The van der Waals surface area contributed by atoms with Gasteiger partial charge in [0.05, 0.1) is 5.41 Å². The number of aliphatic carboxylic acids is 1. The molecule has 4 fully saturated rings. The van der Waals surface area contributed by atoms with Gasteiger partial charge in [-0.15, -0.1) is 0 Å². The van der Waals surface area contributed by atoms with Gasteiger partial charge in [0.15, 0.2) is 0 Å². The van der Waals surface area contributed by atoms with Crippen LogP contribution in [0.2, 0.25) is 0 Å². The molecule has 21 heavy (non-hydrogen) atoms. The predicted octanol–water partition coefficient (Wildman–Crippen LogP) is 4.39. The molecule has 0 unspecified atom stereocenters. The number of rotatable bonds is 3. The fourth-order valence-electron chi connectivity index (χ4n) is 6.38. The van der Waals surface area contributed by atoms with Crippen LogP contribution in [0, 0.1) is 16.7 Å². The fourth-order valence-corrected chi connectivity index (χ4v) is 6.38. The van der Waals surface area contributed by atoms with Gasteiger partial charge < -0.3 is 5.11 Å². The lowest BCUT2D eigenvalue weighted by Gasteiger charge is -2.65. The summed E-state index contributed by atoms with van der Waals surface area (Å²) in [5.41, 5.74) is 1.33. The minimum absolute atomic E-state index is 0.120. The largest absolute Gasteiger partial charge is 0.481 e. The normalized spacial score (nSPS) is 44.0. The molecule has 0 radical (unpaired) electrons. The summed E-state index contributed by atoms with van der Waals surface area (Å²) in [5, 5.41) is 9.95. The maximum atomic E-state index is 12.1. The molecule has 2 heteroatoms. The highest BCUT2D eigenvalue weighted by molar-refractivity contribution is 5.76. The zero-order valence-electron chi connectivity index (χ0n) is 12.8. The molecule has 4 aliphatic carbocycles. The van der Waals surface area contributed by atoms with Crippen molar-refractivity contribution in [2.75, 3.05) is 0 Å². The highest BCUT2D eigenvalue weighted by Gasteiger charge is 2.65. The molecular weight excluding hydrogens is 260 g/mol. The average molecular weight is 284 g/mol. The summed E-state index contributed by atoms with van der Waals surface area (Å²) in [5.74, 6) is 0.0715. The van der Waals surface area contributed by atoms with Crippen LogP contribution in [0.15, 0.2) is 30.3 Å². The van der Waals surface area contributed by atoms with Crippen LogP contribution < -0.4 is 0 Å². The van der Waals surface area contributed by atoms with Gasteiger partial charge in [-0.05, 0) is 60.8 Å². The first-order valence-electron chi connectivity index (χ1n) is 8.31. The lowest BCUT2D eigenvalue weighted by molar-refractivity contribution is -0.179. The molecule has 4 atom stereocenters. The van der Waals surface area contributed by atoms with E-state index in [-0.39, 0.29) is 10.8 Å². The van der Waals surface area contributed by atoms with Crippen LogP contribution in [0.25, 0.3) is 0 Å². The maximum Gasteiger partial charge on any atom is 0.309 e. The number of carboxylic acids is 1. The van der Waals surface area contributed by atoms with Crippen molar-refractivity contribution in [3.8, 4) is 0 Å². The van der Waals surface area contributed by atoms with Crippen molar-refractivity contribution >= 4 is 5.97 Å². The van der Waals surface area contributed by atoms with Gasteiger partial charge in [0, 0.05) is 0 Å². The Kier molecular flexibility index (Phi) is 2.62. The topological polar surface area (TPSA) is 37.3 Å². The molecule has 4 aliphatic rings. The second-order valence-electron chi connectivity index (χ2n) is 8.09. The van der Waals surface area contributed by atoms with Crippen LogP contribution in [-0.4, -0.2) is 11.1 Å². The van der Waals surface area contributed by atoms with Gasteiger partial charge in [-0.25, -0.2) is 0 Å². The van der Waals surface area contributed by atoms with Gasteiger partial charge in [-0.1, -0.05) is 43.7 Å². The fraction of sp³-hybridized carbons (Fsp3) is 0.632. The Morgan fingerprint density at radius 1 is 1.14 bits per heavy atom. The Labute approximate surface area is 126 Å². The van der Waals surface area contributed by atoms with Crippen LogP contribution in [0.4, 0.5) is 0 Å². The molecule has 5 rings (SSSR count). The molecule has 1 aromatic rings. The summed E-state index contributed by atoms with van der Waals surface area (Å²) in [6.07, 6.45) is 7.48. The van der Waals surface area contributed by atoms with E-state index in [4.69, 9.17) is 0 Å². The second-order valence-corrected chi connectivity index (χ2v) is 8.09. The van der Waals surface area contributed by atoms with Crippen molar-refractivity contribution in [1.82, 2.24) is 0 Å². The van der Waals surface area contributed by atoms with Crippen molar-refractivity contribution in [3.05, 3.63) is 35.9 Å². The van der Waals surface area contributed by atoms with Crippen LogP contribution in [-0.2, 0) is 10.2 Å². The van der Waals surface area contributed by atoms with Gasteiger partial charge in [-0.2, -0.15) is 0 Å². The van der Waals surface area contributed by atoms with E-state index in [9.17, 15) is 9.90 Å². The SMILES string of the molecule is CC[C@@]12C[C@H]3C[C@@](C(=O)O)(C1)C[C@](c1ccccc1)(C3)C2. The molecule has 2 nitrogen and oxygen atoms in total. The van der Waals surface area contributed by atoms with E-state index in [1.165, 1.54) is 24.8 Å². The summed E-state index contributed by atoms with van der Waals surface area (Å²) in [6.45, 7) is 2.27. The van der Waals surface area contributed by atoms with Gasteiger partial charge in [0.2, 0.25) is 0 Å². The summed E-state index contributed by atoms with van der Waals surface area (Å²) < 4.78 is 0. The molecule has 1 aromatic carbocycles. The van der Waals surface area contributed by atoms with Crippen molar-refractivity contribution in [2.45, 2.75) is 57.3 Å².